The molecule has 0 amide bonds. The van der Waals surface area contributed by atoms with Crippen LogP contribution < -0.4 is 5.32 Å². The normalized spacial score (nSPS) is 57.2. The first-order valence-electron chi connectivity index (χ1n) is 8.29. The molecule has 4 bridgehead atoms. The Morgan fingerprint density at radius 2 is 1.44 bits per heavy atom. The Morgan fingerprint density at radius 3 is 1.89 bits per heavy atom. The molecule has 2 unspecified atom stereocenters. The summed E-state index contributed by atoms with van der Waals surface area (Å²) in [5, 5.41) is 3.85. The van der Waals surface area contributed by atoms with Crippen molar-refractivity contribution in [3.63, 3.8) is 0 Å². The van der Waals surface area contributed by atoms with Crippen LogP contribution in [0.25, 0.3) is 0 Å². The summed E-state index contributed by atoms with van der Waals surface area (Å²) in [5.74, 6) is 6.49. The zero-order valence-corrected chi connectivity index (χ0v) is 12.3. The van der Waals surface area contributed by atoms with E-state index in [0.29, 0.717) is 5.54 Å². The van der Waals surface area contributed by atoms with Crippen LogP contribution in [-0.4, -0.2) is 11.6 Å². The van der Waals surface area contributed by atoms with Gasteiger partial charge in [-0.15, -0.1) is 0 Å². The van der Waals surface area contributed by atoms with Crippen LogP contribution in [0.1, 0.15) is 59.3 Å². The minimum atomic E-state index is 0.388. The van der Waals surface area contributed by atoms with Crippen LogP contribution in [0, 0.1) is 35.5 Å². The highest BCUT2D eigenvalue weighted by Gasteiger charge is 2.53. The van der Waals surface area contributed by atoms with Crippen molar-refractivity contribution in [3.8, 4) is 0 Å². The van der Waals surface area contributed by atoms with E-state index < -0.39 is 0 Å². The molecule has 1 nitrogen and oxygen atoms in total. The van der Waals surface area contributed by atoms with Crippen molar-refractivity contribution >= 4 is 0 Å². The average molecular weight is 247 g/mol. The van der Waals surface area contributed by atoms with Gasteiger partial charge in [0.1, 0.15) is 0 Å². The maximum atomic E-state index is 3.85. The zero-order valence-electron chi connectivity index (χ0n) is 12.3. The van der Waals surface area contributed by atoms with Crippen LogP contribution in [0.4, 0.5) is 0 Å². The summed E-state index contributed by atoms with van der Waals surface area (Å²) in [7, 11) is 0. The van der Waals surface area contributed by atoms with Gasteiger partial charge in [-0.05, 0) is 94.8 Å². The second kappa shape index (κ2) is 3.75. The Hall–Kier alpha value is -0.0400. The van der Waals surface area contributed by atoms with Crippen LogP contribution in [0.3, 0.4) is 0 Å². The highest BCUT2D eigenvalue weighted by atomic mass is 15.0. The second-order valence-electron chi connectivity index (χ2n) is 8.69. The SMILES string of the molecule is CC1NC(C)(C)CC1C1C2CC3CC(C2)CC1C3. The maximum absolute atomic E-state index is 3.85. The van der Waals surface area contributed by atoms with Gasteiger partial charge in [-0.3, -0.25) is 0 Å². The molecule has 1 N–H and O–H groups in total. The van der Waals surface area contributed by atoms with Crippen LogP contribution in [-0.2, 0) is 0 Å². The molecule has 4 aliphatic carbocycles. The summed E-state index contributed by atoms with van der Waals surface area (Å²) in [6.45, 7) is 7.25. The molecule has 5 rings (SSSR count). The fraction of sp³-hybridized carbons (Fsp3) is 1.00. The topological polar surface area (TPSA) is 12.0 Å². The predicted octanol–water partition coefficient (Wildman–Crippen LogP) is 3.84. The monoisotopic (exact) mass is 247 g/mol. The Bertz CT molecular complexity index is 318. The minimum absolute atomic E-state index is 0.388. The lowest BCUT2D eigenvalue weighted by Gasteiger charge is -2.56. The van der Waals surface area contributed by atoms with Crippen molar-refractivity contribution in [2.75, 3.05) is 0 Å². The number of rotatable bonds is 1. The van der Waals surface area contributed by atoms with E-state index in [1.54, 1.807) is 32.1 Å². The fourth-order valence-corrected chi connectivity index (χ4v) is 6.68. The highest BCUT2D eigenvalue weighted by molar-refractivity contribution is 5.05. The van der Waals surface area contributed by atoms with Crippen LogP contribution >= 0.6 is 0 Å². The number of nitrogens with one attached hydrogen (secondary N) is 1. The van der Waals surface area contributed by atoms with Crippen molar-refractivity contribution < 1.29 is 0 Å². The van der Waals surface area contributed by atoms with Crippen LogP contribution in [0.5, 0.6) is 0 Å². The van der Waals surface area contributed by atoms with E-state index in [9.17, 15) is 0 Å². The molecule has 1 aliphatic heterocycles. The molecule has 0 aromatic heterocycles. The zero-order chi connectivity index (χ0) is 12.5. The standard InChI is InChI=1S/C17H29N/c1-10-15(9-17(2,3)18-10)16-13-5-11-4-12(7-13)8-14(16)6-11/h10-16,18H,4-9H2,1-3H3. The Kier molecular flexibility index (Phi) is 2.45. The first-order valence-corrected chi connectivity index (χ1v) is 8.29. The number of hydrogen-bond acceptors (Lipinski definition) is 1. The first-order chi connectivity index (χ1) is 8.52. The van der Waals surface area contributed by atoms with E-state index in [1.165, 1.54) is 6.42 Å². The van der Waals surface area contributed by atoms with Crippen LogP contribution in [0.2, 0.25) is 0 Å². The molecule has 4 saturated carbocycles. The predicted molar refractivity (Wildman–Crippen MR) is 75.3 cm³/mol. The molecule has 5 aliphatic rings. The van der Waals surface area contributed by atoms with Crippen molar-refractivity contribution in [3.05, 3.63) is 0 Å². The largest absolute Gasteiger partial charge is 0.309 e. The quantitative estimate of drug-likeness (QED) is 0.742. The van der Waals surface area contributed by atoms with Gasteiger partial charge in [0.05, 0.1) is 0 Å². The van der Waals surface area contributed by atoms with Crippen molar-refractivity contribution in [2.45, 2.75) is 70.9 Å². The molecule has 1 saturated heterocycles. The molecule has 2 atom stereocenters. The summed E-state index contributed by atoms with van der Waals surface area (Å²) in [4.78, 5) is 0. The third-order valence-corrected chi connectivity index (χ3v) is 6.80. The summed E-state index contributed by atoms with van der Waals surface area (Å²) < 4.78 is 0. The smallest absolute Gasteiger partial charge is 0.0131 e. The molecule has 0 aromatic rings. The molecule has 18 heavy (non-hydrogen) atoms. The summed E-state index contributed by atoms with van der Waals surface area (Å²) in [5.41, 5.74) is 0.388. The average Bonchev–Trinajstić information content (AvgIpc) is 2.50. The van der Waals surface area contributed by atoms with Gasteiger partial charge in [0.15, 0.2) is 0 Å². The lowest BCUT2D eigenvalue weighted by Crippen LogP contribution is -2.49. The van der Waals surface area contributed by atoms with E-state index in [0.717, 1.165) is 41.5 Å². The number of hydrogen-bond donors (Lipinski definition) is 1. The van der Waals surface area contributed by atoms with Gasteiger partial charge in [-0.1, -0.05) is 0 Å². The molecule has 1 heteroatoms. The van der Waals surface area contributed by atoms with E-state index in [-0.39, 0.29) is 0 Å². The summed E-state index contributed by atoms with van der Waals surface area (Å²) in [6.07, 6.45) is 9.34. The Morgan fingerprint density at radius 1 is 0.889 bits per heavy atom. The van der Waals surface area contributed by atoms with Gasteiger partial charge >= 0.3 is 0 Å². The van der Waals surface area contributed by atoms with Gasteiger partial charge in [0.25, 0.3) is 0 Å². The third kappa shape index (κ3) is 1.69. The van der Waals surface area contributed by atoms with Gasteiger partial charge in [-0.2, -0.15) is 0 Å². The molecule has 0 radical (unpaired) electrons. The van der Waals surface area contributed by atoms with Gasteiger partial charge in [-0.25, -0.2) is 0 Å². The van der Waals surface area contributed by atoms with Gasteiger partial charge in [0, 0.05) is 11.6 Å². The van der Waals surface area contributed by atoms with E-state index in [2.05, 4.69) is 26.1 Å². The van der Waals surface area contributed by atoms with Gasteiger partial charge < -0.3 is 5.32 Å². The van der Waals surface area contributed by atoms with Crippen LogP contribution in [0.15, 0.2) is 0 Å². The van der Waals surface area contributed by atoms with E-state index >= 15 is 0 Å². The Balaban J connectivity index is 1.58. The van der Waals surface area contributed by atoms with Crippen molar-refractivity contribution in [2.24, 2.45) is 35.5 Å². The summed E-state index contributed by atoms with van der Waals surface area (Å²) in [6, 6.07) is 0.752. The molecule has 5 fully saturated rings. The second-order valence-corrected chi connectivity index (χ2v) is 8.69. The molecule has 0 aromatic carbocycles. The van der Waals surface area contributed by atoms with E-state index in [4.69, 9.17) is 0 Å². The lowest BCUT2D eigenvalue weighted by atomic mass is 9.49. The summed E-state index contributed by atoms with van der Waals surface area (Å²) >= 11 is 0. The molecule has 102 valence electrons. The molecular formula is C17H29N. The minimum Gasteiger partial charge on any atom is -0.309 e. The van der Waals surface area contributed by atoms with Crippen molar-refractivity contribution in [1.82, 2.24) is 5.32 Å². The van der Waals surface area contributed by atoms with Crippen molar-refractivity contribution in [1.29, 1.82) is 0 Å². The molecular weight excluding hydrogens is 218 g/mol. The maximum Gasteiger partial charge on any atom is 0.0131 e. The first kappa shape index (κ1) is 11.8. The third-order valence-electron chi connectivity index (χ3n) is 6.80. The molecule has 0 spiro atoms. The fourth-order valence-electron chi connectivity index (χ4n) is 6.68. The lowest BCUT2D eigenvalue weighted by molar-refractivity contribution is -0.0633. The Labute approximate surface area is 112 Å². The molecule has 1 heterocycles. The highest BCUT2D eigenvalue weighted by Crippen LogP contribution is 2.60. The van der Waals surface area contributed by atoms with E-state index in [1.807, 2.05) is 0 Å². The van der Waals surface area contributed by atoms with Gasteiger partial charge in [0.2, 0.25) is 0 Å².